The van der Waals surface area contributed by atoms with Gasteiger partial charge in [0.1, 0.15) is 6.04 Å². The summed E-state index contributed by atoms with van der Waals surface area (Å²) in [7, 11) is 2.14. The lowest BCUT2D eigenvalue weighted by Crippen LogP contribution is -2.52. The molecule has 4 aliphatic rings. The van der Waals surface area contributed by atoms with Crippen LogP contribution in [-0.4, -0.2) is 59.2 Å². The van der Waals surface area contributed by atoms with Crippen LogP contribution >= 0.6 is 0 Å². The zero-order chi connectivity index (χ0) is 19.4. The Kier molecular flexibility index (Phi) is 4.25. The molecule has 1 aromatic rings. The first-order valence-electron chi connectivity index (χ1n) is 10.2. The number of hydrogen-bond acceptors (Lipinski definition) is 5. The van der Waals surface area contributed by atoms with Crippen molar-refractivity contribution in [2.75, 3.05) is 13.6 Å². The van der Waals surface area contributed by atoms with Gasteiger partial charge in [0, 0.05) is 37.2 Å². The lowest BCUT2D eigenvalue weighted by Gasteiger charge is -2.32. The summed E-state index contributed by atoms with van der Waals surface area (Å²) in [5, 5.41) is 5.97. The van der Waals surface area contributed by atoms with Gasteiger partial charge in [-0.05, 0) is 49.9 Å². The fourth-order valence-corrected chi connectivity index (χ4v) is 5.52. The summed E-state index contributed by atoms with van der Waals surface area (Å²) < 4.78 is 0. The monoisotopic (exact) mass is 382 g/mol. The van der Waals surface area contributed by atoms with Gasteiger partial charge < -0.3 is 10.2 Å². The van der Waals surface area contributed by atoms with Crippen molar-refractivity contribution in [3.05, 3.63) is 34.9 Å². The van der Waals surface area contributed by atoms with E-state index in [4.69, 9.17) is 0 Å². The third-order valence-electron chi connectivity index (χ3n) is 6.92. The number of hydrogen-bond donors (Lipinski definition) is 2. The summed E-state index contributed by atoms with van der Waals surface area (Å²) in [6, 6.07) is 6.52. The number of nitrogens with one attached hydrogen (secondary N) is 2. The van der Waals surface area contributed by atoms with Crippen molar-refractivity contribution in [1.29, 1.82) is 0 Å². The van der Waals surface area contributed by atoms with Crippen LogP contribution in [0, 0.1) is 5.92 Å². The Morgan fingerprint density at radius 3 is 2.79 bits per heavy atom. The second kappa shape index (κ2) is 6.67. The largest absolute Gasteiger partial charge is 0.322 e. The first-order valence-corrected chi connectivity index (χ1v) is 10.2. The molecule has 0 aromatic heterocycles. The van der Waals surface area contributed by atoms with Crippen LogP contribution in [-0.2, 0) is 22.7 Å². The SMILES string of the molecule is CN(Cc1cccc2c1C(=O)N(C1CCC(=O)NC1=O)C2)[C@@H]1C[C@@H]2CN[C@H]1C2. The van der Waals surface area contributed by atoms with Crippen molar-refractivity contribution in [3.8, 4) is 0 Å². The van der Waals surface area contributed by atoms with E-state index in [1.165, 1.54) is 12.8 Å². The Morgan fingerprint density at radius 2 is 2.07 bits per heavy atom. The van der Waals surface area contributed by atoms with Crippen molar-refractivity contribution in [1.82, 2.24) is 20.4 Å². The molecule has 3 amide bonds. The molecule has 7 heteroatoms. The molecule has 7 nitrogen and oxygen atoms in total. The lowest BCUT2D eigenvalue weighted by molar-refractivity contribution is -0.136. The number of benzene rings is 1. The zero-order valence-corrected chi connectivity index (χ0v) is 16.1. The molecule has 3 aliphatic heterocycles. The number of nitrogens with zero attached hydrogens (tertiary/aromatic N) is 2. The van der Waals surface area contributed by atoms with Gasteiger partial charge in [0.25, 0.3) is 5.91 Å². The second-order valence-corrected chi connectivity index (χ2v) is 8.69. The average Bonchev–Trinajstić information content (AvgIpc) is 3.37. The molecule has 0 radical (unpaired) electrons. The third-order valence-corrected chi connectivity index (χ3v) is 6.92. The van der Waals surface area contributed by atoms with E-state index in [9.17, 15) is 14.4 Å². The Labute approximate surface area is 164 Å². The molecule has 4 atom stereocenters. The molecular weight excluding hydrogens is 356 g/mol. The lowest BCUT2D eigenvalue weighted by atomic mass is 10.0. The summed E-state index contributed by atoms with van der Waals surface area (Å²) in [5.74, 6) is 0.0828. The number of carbonyl (C=O) groups is 3. The first-order chi connectivity index (χ1) is 13.5. The van der Waals surface area contributed by atoms with Crippen LogP contribution in [0.15, 0.2) is 18.2 Å². The number of rotatable bonds is 4. The van der Waals surface area contributed by atoms with Gasteiger partial charge in [-0.25, -0.2) is 0 Å². The van der Waals surface area contributed by atoms with E-state index >= 15 is 0 Å². The number of fused-ring (bicyclic) bond motifs is 3. The van der Waals surface area contributed by atoms with Crippen molar-refractivity contribution in [2.45, 2.75) is 56.9 Å². The van der Waals surface area contributed by atoms with Crippen molar-refractivity contribution < 1.29 is 14.4 Å². The van der Waals surface area contributed by atoms with E-state index in [2.05, 4.69) is 22.6 Å². The first kappa shape index (κ1) is 17.8. The van der Waals surface area contributed by atoms with Gasteiger partial charge >= 0.3 is 0 Å². The smallest absolute Gasteiger partial charge is 0.255 e. The maximum Gasteiger partial charge on any atom is 0.255 e. The molecule has 1 aliphatic carbocycles. The molecule has 3 fully saturated rings. The fourth-order valence-electron chi connectivity index (χ4n) is 5.52. The quantitative estimate of drug-likeness (QED) is 0.747. The van der Waals surface area contributed by atoms with Gasteiger partial charge in [-0.3, -0.25) is 24.6 Å². The number of carbonyl (C=O) groups excluding carboxylic acids is 3. The summed E-state index contributed by atoms with van der Waals surface area (Å²) >= 11 is 0. The molecule has 3 heterocycles. The molecule has 2 saturated heterocycles. The molecule has 28 heavy (non-hydrogen) atoms. The highest BCUT2D eigenvalue weighted by atomic mass is 16.2. The van der Waals surface area contributed by atoms with E-state index < -0.39 is 6.04 Å². The van der Waals surface area contributed by atoms with E-state index in [-0.39, 0.29) is 24.1 Å². The minimum absolute atomic E-state index is 0.0837. The number of amides is 3. The van der Waals surface area contributed by atoms with Gasteiger partial charge in [-0.15, -0.1) is 0 Å². The Balaban J connectivity index is 1.35. The van der Waals surface area contributed by atoms with E-state index in [0.717, 1.165) is 35.7 Å². The molecular formula is C21H26N4O3. The van der Waals surface area contributed by atoms with Gasteiger partial charge in [-0.1, -0.05) is 18.2 Å². The number of imide groups is 1. The molecule has 2 bridgehead atoms. The zero-order valence-electron chi connectivity index (χ0n) is 16.1. The van der Waals surface area contributed by atoms with Crippen LogP contribution in [0.3, 0.4) is 0 Å². The van der Waals surface area contributed by atoms with Gasteiger partial charge in [0.2, 0.25) is 11.8 Å². The number of piperidine rings is 2. The number of likely N-dealkylation sites (N-methyl/N-ethyl adjacent to an activating group) is 1. The van der Waals surface area contributed by atoms with Crippen LogP contribution in [0.5, 0.6) is 0 Å². The fraction of sp³-hybridized carbons (Fsp3) is 0.571. The minimum atomic E-state index is -0.557. The van der Waals surface area contributed by atoms with Crippen LogP contribution in [0.4, 0.5) is 0 Å². The second-order valence-electron chi connectivity index (χ2n) is 8.69. The highest BCUT2D eigenvalue weighted by Crippen LogP contribution is 2.35. The van der Waals surface area contributed by atoms with Gasteiger partial charge in [0.05, 0.1) is 0 Å². The van der Waals surface area contributed by atoms with Crippen molar-refractivity contribution >= 4 is 17.7 Å². The van der Waals surface area contributed by atoms with Gasteiger partial charge in [0.15, 0.2) is 0 Å². The molecule has 1 unspecified atom stereocenters. The minimum Gasteiger partial charge on any atom is -0.322 e. The normalized spacial score (nSPS) is 31.6. The molecule has 1 aromatic carbocycles. The maximum absolute atomic E-state index is 13.2. The summed E-state index contributed by atoms with van der Waals surface area (Å²) in [5.41, 5.74) is 2.75. The van der Waals surface area contributed by atoms with Gasteiger partial charge in [-0.2, -0.15) is 0 Å². The third kappa shape index (κ3) is 2.84. The highest BCUT2D eigenvalue weighted by Gasteiger charge is 2.43. The molecule has 0 spiro atoms. The van der Waals surface area contributed by atoms with E-state index in [1.54, 1.807) is 4.90 Å². The van der Waals surface area contributed by atoms with Crippen molar-refractivity contribution in [2.24, 2.45) is 5.92 Å². The average molecular weight is 382 g/mol. The highest BCUT2D eigenvalue weighted by molar-refractivity contribution is 6.05. The van der Waals surface area contributed by atoms with Crippen LogP contribution in [0.25, 0.3) is 0 Å². The Morgan fingerprint density at radius 1 is 1.21 bits per heavy atom. The van der Waals surface area contributed by atoms with Crippen LogP contribution in [0.2, 0.25) is 0 Å². The maximum atomic E-state index is 13.2. The van der Waals surface area contributed by atoms with Crippen LogP contribution in [0.1, 0.15) is 47.2 Å². The topological polar surface area (TPSA) is 81.8 Å². The standard InChI is InChI=1S/C21H26N4O3/c1-24(17-8-12-7-15(17)22-9-12)10-13-3-2-4-14-11-25(21(28)19(13)14)16-5-6-18(26)23-20(16)27/h2-4,12,15-17,22H,5-11H2,1H3,(H,23,26,27)/t12-,15+,16?,17-/m1/s1. The predicted octanol–water partition coefficient (Wildman–Crippen LogP) is 0.630. The van der Waals surface area contributed by atoms with Crippen LogP contribution < -0.4 is 10.6 Å². The Hall–Kier alpha value is -2.25. The van der Waals surface area contributed by atoms with E-state index in [1.807, 2.05) is 18.2 Å². The summed E-state index contributed by atoms with van der Waals surface area (Å²) in [6.07, 6.45) is 3.16. The molecule has 2 N–H and O–H groups in total. The molecule has 5 rings (SSSR count). The van der Waals surface area contributed by atoms with E-state index in [0.29, 0.717) is 25.0 Å². The summed E-state index contributed by atoms with van der Waals surface area (Å²) in [4.78, 5) is 40.9. The molecule has 148 valence electrons. The molecule has 1 saturated carbocycles. The van der Waals surface area contributed by atoms with Crippen molar-refractivity contribution in [3.63, 3.8) is 0 Å². The predicted molar refractivity (Wildman–Crippen MR) is 102 cm³/mol. The summed E-state index contributed by atoms with van der Waals surface area (Å²) in [6.45, 7) is 2.30. The Bertz CT molecular complexity index is 854.